The molecule has 0 atom stereocenters. The van der Waals surface area contributed by atoms with Crippen LogP contribution in [0.25, 0.3) is 22.6 Å². The van der Waals surface area contributed by atoms with Crippen LogP contribution >= 0.6 is 12.4 Å². The van der Waals surface area contributed by atoms with Crippen LogP contribution in [0.4, 0.5) is 14.9 Å². The number of nitrogens with one attached hydrogen (secondary N) is 3. The topological polar surface area (TPSA) is 102 Å². The normalized spacial score (nSPS) is 16.9. The lowest BCUT2D eigenvalue weighted by molar-refractivity contribution is 0.180. The maximum absolute atomic E-state index is 14.6. The number of piperidine rings is 2. The van der Waals surface area contributed by atoms with Crippen LogP contribution in [0, 0.1) is 5.82 Å². The van der Waals surface area contributed by atoms with E-state index in [2.05, 4.69) is 30.4 Å². The van der Waals surface area contributed by atoms with Gasteiger partial charge in [-0.2, -0.15) is 5.10 Å². The van der Waals surface area contributed by atoms with Crippen molar-refractivity contribution in [1.82, 2.24) is 30.0 Å². The Morgan fingerprint density at radius 2 is 1.82 bits per heavy atom. The molecule has 11 heteroatoms. The molecule has 5 rings (SSSR count). The van der Waals surface area contributed by atoms with Crippen LogP contribution in [-0.2, 0) is 0 Å². The van der Waals surface area contributed by atoms with Crippen LogP contribution in [-0.4, -0.2) is 75.3 Å². The summed E-state index contributed by atoms with van der Waals surface area (Å²) in [4.78, 5) is 24.5. The van der Waals surface area contributed by atoms with Gasteiger partial charge in [-0.1, -0.05) is 6.42 Å². The number of aromatic nitrogens is 4. The van der Waals surface area contributed by atoms with Crippen LogP contribution in [0.5, 0.6) is 5.75 Å². The molecule has 0 unspecified atom stereocenters. The number of imidazole rings is 1. The van der Waals surface area contributed by atoms with E-state index in [1.165, 1.54) is 25.3 Å². The molecule has 0 bridgehead atoms. The fraction of sp³-hybridized carbons (Fsp3) is 0.522. The number of carbonyl (C=O) groups is 1. The highest BCUT2D eigenvalue weighted by molar-refractivity contribution is 5.93. The van der Waals surface area contributed by atoms with Crippen molar-refractivity contribution in [3.8, 4) is 17.3 Å². The molecule has 3 N–H and O–H groups in total. The molecule has 2 aromatic heterocycles. The average Bonchev–Trinajstić information content (AvgIpc) is 3.46. The molecular formula is C23H31ClFN7O2. The van der Waals surface area contributed by atoms with Crippen LogP contribution in [0.15, 0.2) is 18.3 Å². The van der Waals surface area contributed by atoms with E-state index in [1.54, 1.807) is 12.3 Å². The molecule has 2 aliphatic heterocycles. The van der Waals surface area contributed by atoms with Gasteiger partial charge in [-0.05, 0) is 45.2 Å². The number of likely N-dealkylation sites (tertiary alicyclic amines) is 2. The number of nitrogens with zero attached hydrogens (tertiary/aromatic N) is 4. The molecule has 3 aromatic rings. The molecule has 9 nitrogen and oxygen atoms in total. The summed E-state index contributed by atoms with van der Waals surface area (Å²) in [5.74, 6) is 0.238. The zero-order chi connectivity index (χ0) is 22.6. The van der Waals surface area contributed by atoms with Crippen molar-refractivity contribution in [1.29, 1.82) is 0 Å². The molecule has 2 fully saturated rings. The Bertz CT molecular complexity index is 1110. The van der Waals surface area contributed by atoms with E-state index in [0.717, 1.165) is 52.0 Å². The maximum atomic E-state index is 14.6. The smallest absolute Gasteiger partial charge is 0.321 e. The number of hydrogen-bond acceptors (Lipinski definition) is 5. The molecule has 2 aliphatic rings. The summed E-state index contributed by atoms with van der Waals surface area (Å²) in [7, 11) is 0. The molecule has 0 saturated carbocycles. The Kier molecular flexibility index (Phi) is 7.89. The molecule has 2 saturated heterocycles. The Morgan fingerprint density at radius 1 is 1.09 bits per heavy atom. The standard InChI is InChI=1S/C23H30FN7O2.ClH/c24-16-13-17-18(14-20(16)33-12-11-30-7-3-1-4-8-30)27-22(26-17)21-19(15-25-29-21)28-23(32)31-9-5-2-6-10-31;/h13-15H,1-12H2,(H,25,29)(H,26,27)(H,28,32);1H. The fourth-order valence-electron chi connectivity index (χ4n) is 4.56. The highest BCUT2D eigenvalue weighted by Gasteiger charge is 2.20. The Morgan fingerprint density at radius 3 is 2.59 bits per heavy atom. The maximum Gasteiger partial charge on any atom is 0.321 e. The number of H-pyrrole nitrogens is 2. The number of aromatic amines is 2. The van der Waals surface area contributed by atoms with Crippen molar-refractivity contribution in [2.24, 2.45) is 0 Å². The summed E-state index contributed by atoms with van der Waals surface area (Å²) in [5, 5.41) is 9.86. The Balaban J connectivity index is 0.00000274. The first-order valence-electron chi connectivity index (χ1n) is 11.8. The predicted octanol–water partition coefficient (Wildman–Crippen LogP) is 4.40. The molecule has 1 aromatic carbocycles. The summed E-state index contributed by atoms with van der Waals surface area (Å²) in [6.45, 7) is 4.89. The van der Waals surface area contributed by atoms with Crippen molar-refractivity contribution < 1.29 is 13.9 Å². The van der Waals surface area contributed by atoms with Crippen molar-refractivity contribution in [2.45, 2.75) is 38.5 Å². The van der Waals surface area contributed by atoms with Gasteiger partial charge in [0, 0.05) is 31.8 Å². The fourth-order valence-corrected chi connectivity index (χ4v) is 4.56. The van der Waals surface area contributed by atoms with Crippen LogP contribution in [0.2, 0.25) is 0 Å². The van der Waals surface area contributed by atoms with Gasteiger partial charge in [0.1, 0.15) is 12.3 Å². The summed E-state index contributed by atoms with van der Waals surface area (Å²) in [6.07, 6.45) is 8.45. The van der Waals surface area contributed by atoms with Crippen LogP contribution in [0.1, 0.15) is 38.5 Å². The van der Waals surface area contributed by atoms with Gasteiger partial charge in [0.25, 0.3) is 0 Å². The molecule has 34 heavy (non-hydrogen) atoms. The monoisotopic (exact) mass is 491 g/mol. The van der Waals surface area contributed by atoms with Gasteiger partial charge in [-0.3, -0.25) is 10.00 Å². The number of benzene rings is 1. The minimum absolute atomic E-state index is 0. The Labute approximate surface area is 203 Å². The highest BCUT2D eigenvalue weighted by atomic mass is 35.5. The molecule has 2 amide bonds. The number of carbonyl (C=O) groups excluding carboxylic acids is 1. The largest absolute Gasteiger partial charge is 0.489 e. The SMILES string of the molecule is Cl.O=C(Nc1cn[nH]c1-c1nc2cc(OCCN3CCCCC3)c(F)cc2[nH]1)N1CCCCC1. The third-order valence-electron chi connectivity index (χ3n) is 6.41. The second-order valence-corrected chi connectivity index (χ2v) is 8.77. The second kappa shape index (κ2) is 11.1. The molecule has 4 heterocycles. The number of rotatable bonds is 6. The first-order valence-corrected chi connectivity index (χ1v) is 11.8. The molecular weight excluding hydrogens is 461 g/mol. The average molecular weight is 492 g/mol. The van der Waals surface area contributed by atoms with Gasteiger partial charge in [-0.15, -0.1) is 12.4 Å². The quantitative estimate of drug-likeness (QED) is 0.474. The lowest BCUT2D eigenvalue weighted by Crippen LogP contribution is -2.38. The number of hydrogen-bond donors (Lipinski definition) is 3. The van der Waals surface area contributed by atoms with Crippen LogP contribution < -0.4 is 10.1 Å². The summed E-state index contributed by atoms with van der Waals surface area (Å²) in [5.41, 5.74) is 2.21. The van der Waals surface area contributed by atoms with Gasteiger partial charge < -0.3 is 19.9 Å². The molecule has 0 aliphatic carbocycles. The lowest BCUT2D eigenvalue weighted by Gasteiger charge is -2.26. The Hall–Kier alpha value is -2.85. The van der Waals surface area contributed by atoms with E-state index < -0.39 is 5.82 Å². The number of fused-ring (bicyclic) bond motifs is 1. The number of ether oxygens (including phenoxy) is 1. The van der Waals surface area contributed by atoms with Gasteiger partial charge in [-0.25, -0.2) is 14.2 Å². The summed E-state index contributed by atoms with van der Waals surface area (Å²) < 4.78 is 20.4. The number of anilines is 1. The van der Waals surface area contributed by atoms with Gasteiger partial charge in [0.05, 0.1) is 22.9 Å². The van der Waals surface area contributed by atoms with Crippen molar-refractivity contribution in [2.75, 3.05) is 44.6 Å². The molecule has 0 spiro atoms. The first-order chi connectivity index (χ1) is 16.2. The van der Waals surface area contributed by atoms with Crippen molar-refractivity contribution in [3.63, 3.8) is 0 Å². The van der Waals surface area contributed by atoms with Crippen molar-refractivity contribution in [3.05, 3.63) is 24.1 Å². The zero-order valence-electron chi connectivity index (χ0n) is 19.1. The molecule has 0 radical (unpaired) electrons. The van der Waals surface area contributed by atoms with Crippen molar-refractivity contribution >= 4 is 35.2 Å². The minimum atomic E-state index is -0.431. The second-order valence-electron chi connectivity index (χ2n) is 8.77. The van der Waals surface area contributed by atoms with E-state index in [-0.39, 0.29) is 24.2 Å². The van der Waals surface area contributed by atoms with Crippen LogP contribution in [0.3, 0.4) is 0 Å². The zero-order valence-corrected chi connectivity index (χ0v) is 19.9. The highest BCUT2D eigenvalue weighted by Crippen LogP contribution is 2.29. The predicted molar refractivity (Wildman–Crippen MR) is 131 cm³/mol. The third-order valence-corrected chi connectivity index (χ3v) is 6.41. The van der Waals surface area contributed by atoms with Gasteiger partial charge >= 0.3 is 6.03 Å². The number of halogens is 2. The van der Waals surface area contributed by atoms with E-state index in [0.29, 0.717) is 34.8 Å². The first kappa shape index (κ1) is 24.3. The van der Waals surface area contributed by atoms with E-state index in [9.17, 15) is 9.18 Å². The van der Waals surface area contributed by atoms with Gasteiger partial charge in [0.2, 0.25) is 0 Å². The van der Waals surface area contributed by atoms with Gasteiger partial charge in [0.15, 0.2) is 17.4 Å². The number of urea groups is 1. The van der Waals surface area contributed by atoms with E-state index in [4.69, 9.17) is 4.74 Å². The summed E-state index contributed by atoms with van der Waals surface area (Å²) in [6, 6.07) is 2.86. The van der Waals surface area contributed by atoms with E-state index >= 15 is 0 Å². The molecule has 184 valence electrons. The lowest BCUT2D eigenvalue weighted by atomic mass is 10.1. The summed E-state index contributed by atoms with van der Waals surface area (Å²) >= 11 is 0. The third kappa shape index (κ3) is 5.44. The number of amides is 2. The van der Waals surface area contributed by atoms with E-state index in [1.807, 2.05) is 4.90 Å². The minimum Gasteiger partial charge on any atom is -0.489 e.